The van der Waals surface area contributed by atoms with E-state index in [2.05, 4.69) is 32.2 Å². The molecule has 0 saturated carbocycles. The summed E-state index contributed by atoms with van der Waals surface area (Å²) in [6.45, 7) is 7.32. The molecule has 1 aromatic heterocycles. The molecular formula is C18H21N5O3. The zero-order valence-corrected chi connectivity index (χ0v) is 14.6. The molecule has 0 aliphatic carbocycles. The Morgan fingerprint density at radius 1 is 1.08 bits per heavy atom. The summed E-state index contributed by atoms with van der Waals surface area (Å²) >= 11 is 0. The van der Waals surface area contributed by atoms with Crippen molar-refractivity contribution in [1.29, 1.82) is 0 Å². The van der Waals surface area contributed by atoms with Gasteiger partial charge in [-0.1, -0.05) is 6.92 Å². The number of nitrogens with one attached hydrogen (secondary N) is 1. The number of carbonyl (C=O) groups is 1. The third-order valence-corrected chi connectivity index (χ3v) is 4.66. The first-order valence-corrected chi connectivity index (χ1v) is 8.75. The number of anilines is 2. The van der Waals surface area contributed by atoms with Crippen molar-refractivity contribution < 1.29 is 14.3 Å². The molecule has 8 heteroatoms. The Labute approximate surface area is 151 Å². The van der Waals surface area contributed by atoms with Crippen molar-refractivity contribution >= 4 is 17.4 Å². The summed E-state index contributed by atoms with van der Waals surface area (Å²) in [5, 5.41) is 11.1. The Bertz CT molecular complexity index is 788. The maximum Gasteiger partial charge on any atom is 0.276 e. The van der Waals surface area contributed by atoms with Crippen molar-refractivity contribution in [2.24, 2.45) is 0 Å². The Morgan fingerprint density at radius 3 is 2.62 bits per heavy atom. The number of hydrogen-bond donors (Lipinski definition) is 1. The maximum atomic E-state index is 12.4. The molecule has 1 amide bonds. The Balaban J connectivity index is 1.39. The molecule has 2 aliphatic heterocycles. The first kappa shape index (κ1) is 16.6. The van der Waals surface area contributed by atoms with E-state index in [4.69, 9.17) is 9.47 Å². The Kier molecular flexibility index (Phi) is 4.57. The fourth-order valence-electron chi connectivity index (χ4n) is 3.08. The predicted octanol–water partition coefficient (Wildman–Crippen LogP) is 1.60. The van der Waals surface area contributed by atoms with E-state index >= 15 is 0 Å². The second-order valence-corrected chi connectivity index (χ2v) is 6.22. The van der Waals surface area contributed by atoms with Gasteiger partial charge in [-0.05, 0) is 30.8 Å². The van der Waals surface area contributed by atoms with Gasteiger partial charge in [-0.2, -0.15) is 0 Å². The number of rotatable bonds is 4. The second-order valence-electron chi connectivity index (χ2n) is 6.22. The van der Waals surface area contributed by atoms with Crippen molar-refractivity contribution in [2.75, 3.05) is 49.7 Å². The van der Waals surface area contributed by atoms with Crippen LogP contribution in [0.15, 0.2) is 30.3 Å². The summed E-state index contributed by atoms with van der Waals surface area (Å²) in [7, 11) is 0. The Hall–Kier alpha value is -2.87. The molecular weight excluding hydrogens is 334 g/mol. The number of likely N-dealkylation sites (N-methyl/N-ethyl adjacent to an activating group) is 1. The molecule has 0 unspecified atom stereocenters. The molecule has 1 fully saturated rings. The average molecular weight is 355 g/mol. The number of nitrogens with zero attached hydrogens (tertiary/aromatic N) is 4. The standard InChI is InChI=1S/C18H21N5O3/c1-2-22-7-9-23(10-8-22)17-6-4-14(20-21-17)18(24)19-13-3-5-15-16(11-13)26-12-25-15/h3-6,11H,2,7-10,12H2,1H3,(H,19,24). The van der Waals surface area contributed by atoms with Gasteiger partial charge in [0.15, 0.2) is 23.0 Å². The number of carbonyl (C=O) groups excluding carboxylic acids is 1. The second kappa shape index (κ2) is 7.17. The van der Waals surface area contributed by atoms with E-state index in [9.17, 15) is 4.79 Å². The van der Waals surface area contributed by atoms with Gasteiger partial charge in [0.2, 0.25) is 6.79 Å². The average Bonchev–Trinajstić information content (AvgIpc) is 3.16. The van der Waals surface area contributed by atoms with Crippen LogP contribution in [0.5, 0.6) is 11.5 Å². The molecule has 4 rings (SSSR count). The third-order valence-electron chi connectivity index (χ3n) is 4.66. The van der Waals surface area contributed by atoms with Crippen LogP contribution in [0.4, 0.5) is 11.5 Å². The van der Waals surface area contributed by atoms with Crippen LogP contribution in [0.1, 0.15) is 17.4 Å². The molecule has 0 spiro atoms. The molecule has 136 valence electrons. The van der Waals surface area contributed by atoms with Gasteiger partial charge in [0.1, 0.15) is 0 Å². The van der Waals surface area contributed by atoms with Crippen LogP contribution in [0.2, 0.25) is 0 Å². The van der Waals surface area contributed by atoms with Gasteiger partial charge in [-0.25, -0.2) is 0 Å². The number of benzene rings is 1. The first-order chi connectivity index (χ1) is 12.7. The summed E-state index contributed by atoms with van der Waals surface area (Å²) in [5.41, 5.74) is 0.902. The van der Waals surface area contributed by atoms with Crippen LogP contribution >= 0.6 is 0 Å². The SMILES string of the molecule is CCN1CCN(c2ccc(C(=O)Nc3ccc4c(c3)OCO4)nn2)CC1. The van der Waals surface area contributed by atoms with Gasteiger partial charge in [-0.3, -0.25) is 4.79 Å². The predicted molar refractivity (Wildman–Crippen MR) is 96.9 cm³/mol. The van der Waals surface area contributed by atoms with Crippen LogP contribution in [-0.4, -0.2) is 60.5 Å². The van der Waals surface area contributed by atoms with E-state index in [0.29, 0.717) is 17.2 Å². The van der Waals surface area contributed by atoms with Gasteiger partial charge in [0.05, 0.1) is 0 Å². The number of piperazine rings is 1. The van der Waals surface area contributed by atoms with E-state index in [-0.39, 0.29) is 18.4 Å². The van der Waals surface area contributed by atoms with Crippen LogP contribution in [0, 0.1) is 0 Å². The molecule has 1 aromatic carbocycles. The van der Waals surface area contributed by atoms with E-state index < -0.39 is 0 Å². The summed E-state index contributed by atoms with van der Waals surface area (Å²) < 4.78 is 10.6. The minimum absolute atomic E-state index is 0.201. The summed E-state index contributed by atoms with van der Waals surface area (Å²) in [6, 6.07) is 8.82. The Morgan fingerprint density at radius 2 is 1.88 bits per heavy atom. The molecule has 2 aliphatic rings. The van der Waals surface area contributed by atoms with Crippen molar-refractivity contribution in [3.8, 4) is 11.5 Å². The smallest absolute Gasteiger partial charge is 0.276 e. The fourth-order valence-corrected chi connectivity index (χ4v) is 3.08. The van der Waals surface area contributed by atoms with E-state index in [1.165, 1.54) is 0 Å². The van der Waals surface area contributed by atoms with Crippen LogP contribution in [0.25, 0.3) is 0 Å². The number of hydrogen-bond acceptors (Lipinski definition) is 7. The highest BCUT2D eigenvalue weighted by atomic mass is 16.7. The minimum atomic E-state index is -0.307. The number of ether oxygens (including phenoxy) is 2. The highest BCUT2D eigenvalue weighted by molar-refractivity contribution is 6.03. The lowest BCUT2D eigenvalue weighted by molar-refractivity contribution is 0.102. The monoisotopic (exact) mass is 355 g/mol. The number of aromatic nitrogens is 2. The van der Waals surface area contributed by atoms with Gasteiger partial charge < -0.3 is 24.6 Å². The van der Waals surface area contributed by atoms with Crippen LogP contribution < -0.4 is 19.7 Å². The fraction of sp³-hybridized carbons (Fsp3) is 0.389. The normalized spacial score (nSPS) is 16.6. The van der Waals surface area contributed by atoms with Gasteiger partial charge in [0, 0.05) is 37.9 Å². The molecule has 2 aromatic rings. The molecule has 1 saturated heterocycles. The zero-order valence-electron chi connectivity index (χ0n) is 14.6. The van der Waals surface area contributed by atoms with Crippen molar-refractivity contribution in [2.45, 2.75) is 6.92 Å². The lowest BCUT2D eigenvalue weighted by atomic mass is 10.2. The lowest BCUT2D eigenvalue weighted by Crippen LogP contribution is -2.46. The molecule has 0 atom stereocenters. The van der Waals surface area contributed by atoms with Gasteiger partial charge >= 0.3 is 0 Å². The highest BCUT2D eigenvalue weighted by Crippen LogP contribution is 2.34. The molecule has 26 heavy (non-hydrogen) atoms. The lowest BCUT2D eigenvalue weighted by Gasteiger charge is -2.34. The number of amides is 1. The highest BCUT2D eigenvalue weighted by Gasteiger charge is 2.18. The summed E-state index contributed by atoms with van der Waals surface area (Å²) in [4.78, 5) is 17.0. The molecule has 0 bridgehead atoms. The molecule has 8 nitrogen and oxygen atoms in total. The van der Waals surface area contributed by atoms with E-state index in [1.807, 2.05) is 6.07 Å². The first-order valence-electron chi connectivity index (χ1n) is 8.75. The van der Waals surface area contributed by atoms with Crippen molar-refractivity contribution in [1.82, 2.24) is 15.1 Å². The zero-order chi connectivity index (χ0) is 17.9. The molecule has 3 heterocycles. The largest absolute Gasteiger partial charge is 0.454 e. The van der Waals surface area contributed by atoms with Crippen molar-refractivity contribution in [3.63, 3.8) is 0 Å². The molecule has 1 N–H and O–H groups in total. The van der Waals surface area contributed by atoms with Gasteiger partial charge in [-0.15, -0.1) is 10.2 Å². The maximum absolute atomic E-state index is 12.4. The topological polar surface area (TPSA) is 79.8 Å². The van der Waals surface area contributed by atoms with E-state index in [0.717, 1.165) is 38.5 Å². The van der Waals surface area contributed by atoms with Crippen LogP contribution in [0.3, 0.4) is 0 Å². The quantitative estimate of drug-likeness (QED) is 0.892. The van der Waals surface area contributed by atoms with Gasteiger partial charge in [0.25, 0.3) is 5.91 Å². The van der Waals surface area contributed by atoms with Crippen molar-refractivity contribution in [3.05, 3.63) is 36.0 Å². The summed E-state index contributed by atoms with van der Waals surface area (Å²) in [6.07, 6.45) is 0. The minimum Gasteiger partial charge on any atom is -0.454 e. The van der Waals surface area contributed by atoms with Crippen LogP contribution in [-0.2, 0) is 0 Å². The molecule has 0 radical (unpaired) electrons. The third kappa shape index (κ3) is 3.41. The summed E-state index contributed by atoms with van der Waals surface area (Å²) in [5.74, 6) is 1.80. The van der Waals surface area contributed by atoms with E-state index in [1.54, 1.807) is 24.3 Å². The number of fused-ring (bicyclic) bond motifs is 1.